The van der Waals surface area contributed by atoms with Crippen molar-refractivity contribution in [2.45, 2.75) is 0 Å². The van der Waals surface area contributed by atoms with Crippen molar-refractivity contribution in [3.8, 4) is 17.4 Å². The van der Waals surface area contributed by atoms with Gasteiger partial charge in [-0.1, -0.05) is 0 Å². The molecule has 1 N–H and O–H groups in total. The number of carbonyl (C=O) groups is 1. The molecule has 1 amide bonds. The maximum atomic E-state index is 12.2. The van der Waals surface area contributed by atoms with Gasteiger partial charge in [0.05, 0.1) is 32.6 Å². The average molecular weight is 288 g/mol. The lowest BCUT2D eigenvalue weighted by molar-refractivity contribution is 0.102. The zero-order chi connectivity index (χ0) is 15.2. The van der Waals surface area contributed by atoms with Gasteiger partial charge >= 0.3 is 0 Å². The van der Waals surface area contributed by atoms with Crippen LogP contribution < -0.4 is 19.5 Å². The van der Waals surface area contributed by atoms with E-state index < -0.39 is 0 Å². The SMILES string of the molecule is COc1ccc(OC)c(NC(=O)c2ccc(OC)nc2)c1. The largest absolute Gasteiger partial charge is 0.497 e. The molecule has 0 atom stereocenters. The summed E-state index contributed by atoms with van der Waals surface area (Å²) in [5, 5.41) is 2.77. The van der Waals surface area contributed by atoms with E-state index in [1.807, 2.05) is 0 Å². The molecular formula is C15H16N2O4. The van der Waals surface area contributed by atoms with Crippen molar-refractivity contribution < 1.29 is 19.0 Å². The number of rotatable bonds is 5. The minimum Gasteiger partial charge on any atom is -0.497 e. The minimum absolute atomic E-state index is 0.295. The number of ether oxygens (including phenoxy) is 3. The summed E-state index contributed by atoms with van der Waals surface area (Å²) >= 11 is 0. The molecule has 6 heteroatoms. The highest BCUT2D eigenvalue weighted by Gasteiger charge is 2.11. The number of hydrogen-bond acceptors (Lipinski definition) is 5. The fourth-order valence-electron chi connectivity index (χ4n) is 1.74. The van der Waals surface area contributed by atoms with Crippen molar-refractivity contribution in [2.24, 2.45) is 0 Å². The van der Waals surface area contributed by atoms with Gasteiger partial charge < -0.3 is 19.5 Å². The van der Waals surface area contributed by atoms with Gasteiger partial charge in [0.1, 0.15) is 11.5 Å². The summed E-state index contributed by atoms with van der Waals surface area (Å²) in [5.74, 6) is 1.33. The molecule has 0 unspecified atom stereocenters. The van der Waals surface area contributed by atoms with E-state index >= 15 is 0 Å². The van der Waals surface area contributed by atoms with E-state index in [2.05, 4.69) is 10.3 Å². The highest BCUT2D eigenvalue weighted by atomic mass is 16.5. The van der Waals surface area contributed by atoms with Crippen LogP contribution in [0.5, 0.6) is 17.4 Å². The smallest absolute Gasteiger partial charge is 0.257 e. The first-order valence-corrected chi connectivity index (χ1v) is 6.21. The number of pyridine rings is 1. The molecule has 0 saturated carbocycles. The number of hydrogen-bond donors (Lipinski definition) is 1. The Morgan fingerprint density at radius 3 is 2.43 bits per heavy atom. The van der Waals surface area contributed by atoms with Crippen LogP contribution >= 0.6 is 0 Å². The molecule has 0 bridgehead atoms. The van der Waals surface area contributed by atoms with Crippen LogP contribution in [0.4, 0.5) is 5.69 Å². The quantitative estimate of drug-likeness (QED) is 0.914. The molecule has 1 aromatic carbocycles. The molecule has 2 rings (SSSR count). The van der Waals surface area contributed by atoms with Gasteiger partial charge in [0, 0.05) is 18.3 Å². The molecule has 0 aliphatic rings. The summed E-state index contributed by atoms with van der Waals surface area (Å²) in [4.78, 5) is 16.2. The summed E-state index contributed by atoms with van der Waals surface area (Å²) in [5.41, 5.74) is 0.943. The summed E-state index contributed by atoms with van der Waals surface area (Å²) < 4.78 is 15.3. The topological polar surface area (TPSA) is 69.7 Å². The second-order valence-electron chi connectivity index (χ2n) is 4.11. The highest BCUT2D eigenvalue weighted by Crippen LogP contribution is 2.29. The number of benzene rings is 1. The fraction of sp³-hybridized carbons (Fsp3) is 0.200. The Bertz CT molecular complexity index is 626. The van der Waals surface area contributed by atoms with Gasteiger partial charge in [-0.3, -0.25) is 4.79 Å². The third-order valence-corrected chi connectivity index (χ3v) is 2.86. The van der Waals surface area contributed by atoms with Crippen molar-refractivity contribution >= 4 is 11.6 Å². The maximum Gasteiger partial charge on any atom is 0.257 e. The van der Waals surface area contributed by atoms with Crippen molar-refractivity contribution in [2.75, 3.05) is 26.6 Å². The van der Waals surface area contributed by atoms with Gasteiger partial charge in [-0.05, 0) is 18.2 Å². The molecule has 2 aromatic rings. The molecule has 1 aromatic heterocycles. The van der Waals surface area contributed by atoms with Crippen LogP contribution in [0.2, 0.25) is 0 Å². The van der Waals surface area contributed by atoms with Gasteiger partial charge in [-0.15, -0.1) is 0 Å². The molecule has 0 spiro atoms. The van der Waals surface area contributed by atoms with Crippen LogP contribution in [0, 0.1) is 0 Å². The van der Waals surface area contributed by atoms with Crippen LogP contribution in [0.25, 0.3) is 0 Å². The van der Waals surface area contributed by atoms with E-state index in [1.165, 1.54) is 20.4 Å². The van der Waals surface area contributed by atoms with Crippen molar-refractivity contribution in [1.82, 2.24) is 4.98 Å². The lowest BCUT2D eigenvalue weighted by Crippen LogP contribution is -2.13. The van der Waals surface area contributed by atoms with Crippen LogP contribution in [-0.2, 0) is 0 Å². The first-order valence-electron chi connectivity index (χ1n) is 6.21. The normalized spacial score (nSPS) is 9.86. The Morgan fingerprint density at radius 1 is 1.05 bits per heavy atom. The number of anilines is 1. The van der Waals surface area contributed by atoms with E-state index in [9.17, 15) is 4.79 Å². The van der Waals surface area contributed by atoms with Crippen molar-refractivity contribution in [1.29, 1.82) is 0 Å². The molecule has 110 valence electrons. The molecule has 0 saturated heterocycles. The number of nitrogens with one attached hydrogen (secondary N) is 1. The Hall–Kier alpha value is -2.76. The van der Waals surface area contributed by atoms with Crippen molar-refractivity contribution in [3.63, 3.8) is 0 Å². The number of carbonyl (C=O) groups excluding carboxylic acids is 1. The predicted octanol–water partition coefficient (Wildman–Crippen LogP) is 2.36. The van der Waals surface area contributed by atoms with Gasteiger partial charge in [0.15, 0.2) is 0 Å². The van der Waals surface area contributed by atoms with E-state index in [0.29, 0.717) is 28.6 Å². The molecular weight excluding hydrogens is 272 g/mol. The number of amides is 1. The highest BCUT2D eigenvalue weighted by molar-refractivity contribution is 6.05. The molecule has 6 nitrogen and oxygen atoms in total. The zero-order valence-corrected chi connectivity index (χ0v) is 12.0. The summed E-state index contributed by atoms with van der Waals surface area (Å²) in [7, 11) is 4.61. The first-order chi connectivity index (χ1) is 10.2. The number of nitrogens with zero attached hydrogens (tertiary/aromatic N) is 1. The second-order valence-corrected chi connectivity index (χ2v) is 4.11. The Balaban J connectivity index is 2.21. The average Bonchev–Trinajstić information content (AvgIpc) is 2.54. The number of aromatic nitrogens is 1. The summed E-state index contributed by atoms with van der Waals surface area (Å²) in [6, 6.07) is 8.42. The third-order valence-electron chi connectivity index (χ3n) is 2.86. The van der Waals surface area contributed by atoms with E-state index in [-0.39, 0.29) is 5.91 Å². The number of methoxy groups -OCH3 is 3. The Labute approximate surface area is 122 Å². The first kappa shape index (κ1) is 14.6. The minimum atomic E-state index is -0.295. The molecule has 0 aliphatic carbocycles. The predicted molar refractivity (Wildman–Crippen MR) is 78.3 cm³/mol. The Kier molecular flexibility index (Phi) is 4.61. The maximum absolute atomic E-state index is 12.2. The standard InChI is InChI=1S/C15H16N2O4/c1-19-11-5-6-13(20-2)12(8-11)17-15(18)10-4-7-14(21-3)16-9-10/h4-9H,1-3H3,(H,17,18). The lowest BCUT2D eigenvalue weighted by atomic mass is 10.2. The monoisotopic (exact) mass is 288 g/mol. The molecule has 0 aliphatic heterocycles. The molecule has 0 fully saturated rings. The van der Waals surface area contributed by atoms with Crippen LogP contribution in [0.1, 0.15) is 10.4 Å². The second kappa shape index (κ2) is 6.60. The van der Waals surface area contributed by atoms with E-state index in [1.54, 1.807) is 37.4 Å². The fourth-order valence-corrected chi connectivity index (χ4v) is 1.74. The molecule has 1 heterocycles. The van der Waals surface area contributed by atoms with Gasteiger partial charge in [-0.2, -0.15) is 0 Å². The third kappa shape index (κ3) is 3.42. The summed E-state index contributed by atoms with van der Waals surface area (Å²) in [6.45, 7) is 0. The van der Waals surface area contributed by atoms with Crippen LogP contribution in [-0.4, -0.2) is 32.2 Å². The van der Waals surface area contributed by atoms with Crippen molar-refractivity contribution in [3.05, 3.63) is 42.1 Å². The summed E-state index contributed by atoms with van der Waals surface area (Å²) in [6.07, 6.45) is 1.45. The lowest BCUT2D eigenvalue weighted by Gasteiger charge is -2.11. The van der Waals surface area contributed by atoms with E-state index in [0.717, 1.165) is 0 Å². The molecule has 21 heavy (non-hydrogen) atoms. The van der Waals surface area contributed by atoms with E-state index in [4.69, 9.17) is 14.2 Å². The zero-order valence-electron chi connectivity index (χ0n) is 12.0. The Morgan fingerprint density at radius 2 is 1.86 bits per heavy atom. The molecule has 0 radical (unpaired) electrons. The van der Waals surface area contributed by atoms with Gasteiger partial charge in [0.25, 0.3) is 5.91 Å². The van der Waals surface area contributed by atoms with Crippen LogP contribution in [0.15, 0.2) is 36.5 Å². The van der Waals surface area contributed by atoms with Crippen LogP contribution in [0.3, 0.4) is 0 Å². The van der Waals surface area contributed by atoms with Gasteiger partial charge in [0.2, 0.25) is 5.88 Å². The van der Waals surface area contributed by atoms with Gasteiger partial charge in [-0.25, -0.2) is 4.98 Å².